The summed E-state index contributed by atoms with van der Waals surface area (Å²) in [4.78, 5) is 8.84. The van der Waals surface area contributed by atoms with Gasteiger partial charge in [0.05, 0.1) is 0 Å². The van der Waals surface area contributed by atoms with Crippen LogP contribution in [-0.4, -0.2) is 16.5 Å². The second kappa shape index (κ2) is 4.82. The van der Waals surface area contributed by atoms with Crippen LogP contribution in [0.5, 0.6) is 0 Å². The average molecular weight is 253 g/mol. The van der Waals surface area contributed by atoms with Crippen molar-refractivity contribution in [2.75, 3.05) is 6.54 Å². The second-order valence-electron chi connectivity index (χ2n) is 4.49. The Hall–Kier alpha value is -2.20. The molecule has 2 aromatic heterocycles. The van der Waals surface area contributed by atoms with Gasteiger partial charge in [-0.15, -0.1) is 0 Å². The van der Waals surface area contributed by atoms with Crippen molar-refractivity contribution in [1.29, 1.82) is 0 Å². The largest absolute Gasteiger partial charge is 0.434 e. The number of oxazole rings is 1. The Bertz CT molecular complexity index is 718. The minimum atomic E-state index is 0.606. The van der Waals surface area contributed by atoms with Crippen LogP contribution in [0.1, 0.15) is 11.3 Å². The summed E-state index contributed by atoms with van der Waals surface area (Å²) >= 11 is 0. The highest BCUT2D eigenvalue weighted by Crippen LogP contribution is 2.26. The van der Waals surface area contributed by atoms with Crippen molar-refractivity contribution in [3.05, 3.63) is 47.7 Å². The fourth-order valence-electron chi connectivity index (χ4n) is 2.13. The molecule has 2 heterocycles. The zero-order chi connectivity index (χ0) is 13.2. The maximum Gasteiger partial charge on any atom is 0.229 e. The van der Waals surface area contributed by atoms with Crippen LogP contribution in [0, 0.1) is 6.92 Å². The summed E-state index contributed by atoms with van der Waals surface area (Å²) in [7, 11) is 0. The lowest BCUT2D eigenvalue weighted by atomic mass is 10.0. The highest BCUT2D eigenvalue weighted by Gasteiger charge is 2.12. The maximum absolute atomic E-state index is 5.78. The number of aromatic nitrogens is 2. The van der Waals surface area contributed by atoms with E-state index in [0.717, 1.165) is 23.2 Å². The van der Waals surface area contributed by atoms with E-state index in [0.29, 0.717) is 23.7 Å². The number of nitrogens with zero attached hydrogens (tertiary/aromatic N) is 2. The molecule has 3 aromatic rings. The van der Waals surface area contributed by atoms with E-state index in [1.54, 1.807) is 0 Å². The van der Waals surface area contributed by atoms with Crippen molar-refractivity contribution in [3.63, 3.8) is 0 Å². The minimum absolute atomic E-state index is 0.606. The first-order valence-electron chi connectivity index (χ1n) is 6.30. The third-order valence-electron chi connectivity index (χ3n) is 3.05. The van der Waals surface area contributed by atoms with E-state index in [2.05, 4.69) is 16.0 Å². The van der Waals surface area contributed by atoms with E-state index in [-0.39, 0.29) is 0 Å². The molecule has 4 heteroatoms. The highest BCUT2D eigenvalue weighted by molar-refractivity contribution is 5.73. The summed E-state index contributed by atoms with van der Waals surface area (Å²) in [6, 6.07) is 11.9. The van der Waals surface area contributed by atoms with Crippen molar-refractivity contribution in [2.45, 2.75) is 13.3 Å². The van der Waals surface area contributed by atoms with Gasteiger partial charge in [0.25, 0.3) is 0 Å². The lowest BCUT2D eigenvalue weighted by Crippen LogP contribution is -2.03. The van der Waals surface area contributed by atoms with Crippen molar-refractivity contribution >= 4 is 11.2 Å². The van der Waals surface area contributed by atoms with Gasteiger partial charge in [0.15, 0.2) is 11.2 Å². The summed E-state index contributed by atoms with van der Waals surface area (Å²) in [6.07, 6.45) is 0.807. The number of fused-ring (bicyclic) bond motifs is 1. The fourth-order valence-corrected chi connectivity index (χ4v) is 2.13. The lowest BCUT2D eigenvalue weighted by molar-refractivity contribution is 0.618. The zero-order valence-electron chi connectivity index (χ0n) is 10.8. The maximum atomic E-state index is 5.78. The quantitative estimate of drug-likeness (QED) is 0.779. The molecule has 0 spiro atoms. The third-order valence-corrected chi connectivity index (χ3v) is 3.05. The lowest BCUT2D eigenvalue weighted by Gasteiger charge is -2.03. The Labute approximate surface area is 111 Å². The standard InChI is InChI=1S/C15H15N3O/c1-10-6-7-13-14(17-10)18-15(19-13)12-5-3-2-4-11(12)8-9-16/h2-7H,8-9,16H2,1H3. The highest BCUT2D eigenvalue weighted by atomic mass is 16.3. The van der Waals surface area contributed by atoms with Crippen molar-refractivity contribution < 1.29 is 4.42 Å². The van der Waals surface area contributed by atoms with Gasteiger partial charge in [0.2, 0.25) is 5.89 Å². The molecule has 0 saturated carbocycles. The number of hydrogen-bond donors (Lipinski definition) is 1. The van der Waals surface area contributed by atoms with Crippen LogP contribution in [0.25, 0.3) is 22.7 Å². The van der Waals surface area contributed by atoms with Crippen LogP contribution in [-0.2, 0) is 6.42 Å². The van der Waals surface area contributed by atoms with Crippen molar-refractivity contribution in [2.24, 2.45) is 5.73 Å². The molecule has 0 aliphatic carbocycles. The van der Waals surface area contributed by atoms with Gasteiger partial charge >= 0.3 is 0 Å². The fraction of sp³-hybridized carbons (Fsp3) is 0.200. The van der Waals surface area contributed by atoms with Gasteiger partial charge in [0.1, 0.15) is 0 Å². The second-order valence-corrected chi connectivity index (χ2v) is 4.49. The van der Waals surface area contributed by atoms with E-state index >= 15 is 0 Å². The van der Waals surface area contributed by atoms with Gasteiger partial charge in [-0.25, -0.2) is 4.98 Å². The SMILES string of the molecule is Cc1ccc2oc(-c3ccccc3CCN)nc2n1. The number of benzene rings is 1. The molecule has 4 nitrogen and oxygen atoms in total. The molecule has 0 fully saturated rings. The number of aryl methyl sites for hydroxylation is 1. The monoisotopic (exact) mass is 253 g/mol. The Kier molecular flexibility index (Phi) is 3.01. The molecule has 0 unspecified atom stereocenters. The Morgan fingerprint density at radius 2 is 1.95 bits per heavy atom. The molecule has 3 rings (SSSR count). The molecule has 0 amide bonds. The van der Waals surface area contributed by atoms with Crippen LogP contribution in [0.2, 0.25) is 0 Å². The molecule has 2 N–H and O–H groups in total. The summed E-state index contributed by atoms with van der Waals surface area (Å²) < 4.78 is 5.78. The first-order chi connectivity index (χ1) is 9.28. The summed E-state index contributed by atoms with van der Waals surface area (Å²) in [5, 5.41) is 0. The number of rotatable bonds is 3. The summed E-state index contributed by atoms with van der Waals surface area (Å²) in [5.74, 6) is 0.608. The molecule has 0 atom stereocenters. The van der Waals surface area contributed by atoms with E-state index in [1.165, 1.54) is 0 Å². The van der Waals surface area contributed by atoms with Crippen molar-refractivity contribution in [1.82, 2.24) is 9.97 Å². The number of hydrogen-bond acceptors (Lipinski definition) is 4. The molecule has 0 radical (unpaired) electrons. The Morgan fingerprint density at radius 1 is 1.11 bits per heavy atom. The molecule has 1 aromatic carbocycles. The molecule has 19 heavy (non-hydrogen) atoms. The van der Waals surface area contributed by atoms with Gasteiger partial charge < -0.3 is 10.2 Å². The van der Waals surface area contributed by atoms with Crippen LogP contribution in [0.15, 0.2) is 40.8 Å². The molecular weight excluding hydrogens is 238 g/mol. The van der Waals surface area contributed by atoms with E-state index in [9.17, 15) is 0 Å². The van der Waals surface area contributed by atoms with Gasteiger partial charge in [-0.2, -0.15) is 4.98 Å². The predicted molar refractivity (Wildman–Crippen MR) is 74.7 cm³/mol. The topological polar surface area (TPSA) is 64.9 Å². The van der Waals surface area contributed by atoms with Crippen molar-refractivity contribution in [3.8, 4) is 11.5 Å². The molecule has 0 aliphatic heterocycles. The van der Waals surface area contributed by atoms with E-state index < -0.39 is 0 Å². The molecule has 0 aliphatic rings. The first-order valence-corrected chi connectivity index (χ1v) is 6.30. The van der Waals surface area contributed by atoms with Crippen LogP contribution in [0.3, 0.4) is 0 Å². The Balaban J connectivity index is 2.13. The van der Waals surface area contributed by atoms with Gasteiger partial charge in [-0.05, 0) is 43.7 Å². The third kappa shape index (κ3) is 2.22. The van der Waals surface area contributed by atoms with Crippen LogP contribution < -0.4 is 5.73 Å². The molecule has 0 bridgehead atoms. The summed E-state index contributed by atoms with van der Waals surface area (Å²) in [6.45, 7) is 2.55. The molecule has 96 valence electrons. The smallest absolute Gasteiger partial charge is 0.229 e. The van der Waals surface area contributed by atoms with E-state index in [1.807, 2.05) is 37.3 Å². The van der Waals surface area contributed by atoms with Crippen LogP contribution >= 0.6 is 0 Å². The minimum Gasteiger partial charge on any atom is -0.434 e. The van der Waals surface area contributed by atoms with Gasteiger partial charge in [0, 0.05) is 11.3 Å². The molecular formula is C15H15N3O. The van der Waals surface area contributed by atoms with Gasteiger partial charge in [-0.3, -0.25) is 0 Å². The normalized spacial score (nSPS) is 11.1. The first kappa shape index (κ1) is 11.9. The zero-order valence-corrected chi connectivity index (χ0v) is 10.8. The predicted octanol–water partition coefficient (Wildman–Crippen LogP) is 2.70. The number of pyridine rings is 1. The van der Waals surface area contributed by atoms with E-state index in [4.69, 9.17) is 10.2 Å². The van der Waals surface area contributed by atoms with Gasteiger partial charge in [-0.1, -0.05) is 18.2 Å². The summed E-state index contributed by atoms with van der Waals surface area (Å²) in [5.41, 5.74) is 10.1. The van der Waals surface area contributed by atoms with Crippen LogP contribution in [0.4, 0.5) is 0 Å². The molecule has 0 saturated heterocycles. The number of nitrogens with two attached hydrogens (primary N) is 1. The average Bonchev–Trinajstić information content (AvgIpc) is 2.82. The Morgan fingerprint density at radius 3 is 2.79 bits per heavy atom.